The van der Waals surface area contributed by atoms with Crippen LogP contribution in [0.1, 0.15) is 32.6 Å². The van der Waals surface area contributed by atoms with Gasteiger partial charge in [-0.1, -0.05) is 42.0 Å². The highest BCUT2D eigenvalue weighted by molar-refractivity contribution is 5.97. The van der Waals surface area contributed by atoms with Gasteiger partial charge in [0.1, 0.15) is 0 Å². The Morgan fingerprint density at radius 3 is 2.43 bits per heavy atom. The van der Waals surface area contributed by atoms with Crippen molar-refractivity contribution in [1.82, 2.24) is 4.90 Å². The van der Waals surface area contributed by atoms with Crippen molar-refractivity contribution in [3.63, 3.8) is 0 Å². The number of aryl methyl sites for hydroxylation is 3. The fourth-order valence-electron chi connectivity index (χ4n) is 2.43. The molecule has 0 heterocycles. The fraction of sp³-hybridized carbons (Fsp3) is 0.316. The van der Waals surface area contributed by atoms with E-state index in [4.69, 9.17) is 0 Å². The molecule has 21 heavy (non-hydrogen) atoms. The van der Waals surface area contributed by atoms with E-state index in [0.717, 1.165) is 12.1 Å². The van der Waals surface area contributed by atoms with Gasteiger partial charge in [0.05, 0.1) is 6.54 Å². The van der Waals surface area contributed by atoms with Crippen molar-refractivity contribution in [1.29, 1.82) is 0 Å². The number of nitrogens with zero attached hydrogens (tertiary/aromatic N) is 1. The molecule has 0 aliphatic rings. The number of carbonyl (C=O) groups excluding carboxylic acids is 1. The van der Waals surface area contributed by atoms with Gasteiger partial charge in [-0.25, -0.2) is 0 Å². The largest absolute Gasteiger partial charge is 0.295 e. The number of hydrogen-bond donors (Lipinski definition) is 0. The van der Waals surface area contributed by atoms with Crippen molar-refractivity contribution in [2.24, 2.45) is 0 Å². The lowest BCUT2D eigenvalue weighted by Crippen LogP contribution is -2.25. The summed E-state index contributed by atoms with van der Waals surface area (Å²) >= 11 is 0. The Bertz CT molecular complexity index is 646. The van der Waals surface area contributed by atoms with Crippen LogP contribution in [0.2, 0.25) is 0 Å². The Labute approximate surface area is 127 Å². The number of ketones is 1. The summed E-state index contributed by atoms with van der Waals surface area (Å²) in [6.45, 7) is 7.43. The molecule has 0 bridgehead atoms. The van der Waals surface area contributed by atoms with Gasteiger partial charge in [-0.05, 0) is 50.6 Å². The topological polar surface area (TPSA) is 20.3 Å². The molecule has 0 aliphatic heterocycles. The van der Waals surface area contributed by atoms with E-state index in [1.807, 2.05) is 32.2 Å². The summed E-state index contributed by atoms with van der Waals surface area (Å²) in [5.74, 6) is 0.174. The highest BCUT2D eigenvalue weighted by Crippen LogP contribution is 2.12. The number of likely N-dealkylation sites (N-methyl/N-ethyl adjacent to an activating group) is 1. The van der Waals surface area contributed by atoms with Gasteiger partial charge < -0.3 is 0 Å². The van der Waals surface area contributed by atoms with Gasteiger partial charge in [0.15, 0.2) is 5.78 Å². The second kappa shape index (κ2) is 6.68. The van der Waals surface area contributed by atoms with E-state index in [2.05, 4.69) is 43.0 Å². The first-order valence-corrected chi connectivity index (χ1v) is 7.30. The quantitative estimate of drug-likeness (QED) is 0.774. The maximum Gasteiger partial charge on any atom is 0.176 e. The van der Waals surface area contributed by atoms with Crippen LogP contribution in [0.25, 0.3) is 0 Å². The molecule has 0 saturated heterocycles. The first kappa shape index (κ1) is 15.5. The molecular formula is C19H23NO. The lowest BCUT2D eigenvalue weighted by atomic mass is 10.0. The van der Waals surface area contributed by atoms with E-state index < -0.39 is 0 Å². The molecule has 110 valence electrons. The van der Waals surface area contributed by atoms with E-state index in [0.29, 0.717) is 6.54 Å². The molecule has 0 N–H and O–H groups in total. The van der Waals surface area contributed by atoms with Crippen molar-refractivity contribution in [2.75, 3.05) is 13.6 Å². The normalized spacial score (nSPS) is 10.9. The smallest absolute Gasteiger partial charge is 0.176 e. The molecule has 0 amide bonds. The van der Waals surface area contributed by atoms with Crippen molar-refractivity contribution >= 4 is 5.78 Å². The Morgan fingerprint density at radius 1 is 1.00 bits per heavy atom. The van der Waals surface area contributed by atoms with Crippen LogP contribution in [-0.4, -0.2) is 24.3 Å². The molecule has 0 fully saturated rings. The predicted molar refractivity (Wildman–Crippen MR) is 87.8 cm³/mol. The summed E-state index contributed by atoms with van der Waals surface area (Å²) in [5.41, 5.74) is 5.68. The first-order valence-electron chi connectivity index (χ1n) is 7.30. The van der Waals surface area contributed by atoms with E-state index in [9.17, 15) is 4.79 Å². The summed E-state index contributed by atoms with van der Waals surface area (Å²) in [6.07, 6.45) is 0. The zero-order valence-corrected chi connectivity index (χ0v) is 13.3. The highest BCUT2D eigenvalue weighted by atomic mass is 16.1. The van der Waals surface area contributed by atoms with Gasteiger partial charge in [0.2, 0.25) is 0 Å². The Balaban J connectivity index is 2.00. The Kier molecular flexibility index (Phi) is 4.92. The van der Waals surface area contributed by atoms with Gasteiger partial charge in [0, 0.05) is 12.1 Å². The molecule has 0 aromatic heterocycles. The van der Waals surface area contributed by atoms with Gasteiger partial charge in [-0.3, -0.25) is 9.69 Å². The standard InChI is InChI=1S/C19H23NO/c1-14-6-5-7-17(10-14)12-20(4)13-19(21)18-9-8-15(2)16(3)11-18/h5-11H,12-13H2,1-4H3. The minimum Gasteiger partial charge on any atom is -0.295 e. The lowest BCUT2D eigenvalue weighted by Gasteiger charge is -2.16. The highest BCUT2D eigenvalue weighted by Gasteiger charge is 2.10. The minimum absolute atomic E-state index is 0.174. The van der Waals surface area contributed by atoms with Gasteiger partial charge in [-0.2, -0.15) is 0 Å². The van der Waals surface area contributed by atoms with Crippen LogP contribution >= 0.6 is 0 Å². The van der Waals surface area contributed by atoms with Crippen LogP contribution in [0.4, 0.5) is 0 Å². The summed E-state index contributed by atoms with van der Waals surface area (Å²) in [6, 6.07) is 14.3. The Hall–Kier alpha value is -1.93. The van der Waals surface area contributed by atoms with Crippen molar-refractivity contribution < 1.29 is 4.79 Å². The third kappa shape index (κ3) is 4.27. The fourth-order valence-corrected chi connectivity index (χ4v) is 2.43. The van der Waals surface area contributed by atoms with Gasteiger partial charge >= 0.3 is 0 Å². The number of Topliss-reactive ketones (excluding diaryl/α,β-unsaturated/α-hetero) is 1. The maximum atomic E-state index is 12.3. The molecule has 0 saturated carbocycles. The zero-order chi connectivity index (χ0) is 15.4. The molecule has 2 aromatic carbocycles. The summed E-state index contributed by atoms with van der Waals surface area (Å²) < 4.78 is 0. The average Bonchev–Trinajstić information content (AvgIpc) is 2.41. The number of benzene rings is 2. The molecule has 2 rings (SSSR count). The molecule has 2 heteroatoms. The molecular weight excluding hydrogens is 258 g/mol. The molecule has 0 aliphatic carbocycles. The van der Waals surface area contributed by atoms with Gasteiger partial charge in [0.25, 0.3) is 0 Å². The van der Waals surface area contributed by atoms with Crippen molar-refractivity contribution in [3.8, 4) is 0 Å². The van der Waals surface area contributed by atoms with Crippen LogP contribution in [0.3, 0.4) is 0 Å². The first-order chi connectivity index (χ1) is 9.95. The third-order valence-electron chi connectivity index (χ3n) is 3.78. The van der Waals surface area contributed by atoms with Gasteiger partial charge in [-0.15, -0.1) is 0 Å². The van der Waals surface area contributed by atoms with Crippen molar-refractivity contribution in [3.05, 3.63) is 70.3 Å². The number of hydrogen-bond acceptors (Lipinski definition) is 2. The summed E-state index contributed by atoms with van der Waals surface area (Å²) in [5, 5.41) is 0. The van der Waals surface area contributed by atoms with Crippen LogP contribution in [-0.2, 0) is 6.54 Å². The molecule has 2 nitrogen and oxygen atoms in total. The minimum atomic E-state index is 0.174. The van der Waals surface area contributed by atoms with Crippen LogP contribution in [0, 0.1) is 20.8 Å². The second-order valence-electron chi connectivity index (χ2n) is 5.88. The summed E-state index contributed by atoms with van der Waals surface area (Å²) in [4.78, 5) is 14.4. The zero-order valence-electron chi connectivity index (χ0n) is 13.3. The maximum absolute atomic E-state index is 12.3. The molecule has 0 atom stereocenters. The molecule has 0 spiro atoms. The molecule has 0 radical (unpaired) electrons. The third-order valence-corrected chi connectivity index (χ3v) is 3.78. The van der Waals surface area contributed by atoms with Crippen LogP contribution in [0.15, 0.2) is 42.5 Å². The molecule has 2 aromatic rings. The molecule has 0 unspecified atom stereocenters. The van der Waals surface area contributed by atoms with Crippen LogP contribution in [0.5, 0.6) is 0 Å². The predicted octanol–water partition coefficient (Wildman–Crippen LogP) is 3.93. The monoisotopic (exact) mass is 281 g/mol. The van der Waals surface area contributed by atoms with E-state index in [1.165, 1.54) is 22.3 Å². The lowest BCUT2D eigenvalue weighted by molar-refractivity contribution is 0.0943. The number of carbonyl (C=O) groups is 1. The van der Waals surface area contributed by atoms with E-state index >= 15 is 0 Å². The van der Waals surface area contributed by atoms with E-state index in [-0.39, 0.29) is 5.78 Å². The Morgan fingerprint density at radius 2 is 1.76 bits per heavy atom. The van der Waals surface area contributed by atoms with Crippen molar-refractivity contribution in [2.45, 2.75) is 27.3 Å². The average molecular weight is 281 g/mol. The van der Waals surface area contributed by atoms with E-state index in [1.54, 1.807) is 0 Å². The van der Waals surface area contributed by atoms with Crippen LogP contribution < -0.4 is 0 Å². The number of rotatable bonds is 5. The summed E-state index contributed by atoms with van der Waals surface area (Å²) in [7, 11) is 1.99. The second-order valence-corrected chi connectivity index (χ2v) is 5.88. The SMILES string of the molecule is Cc1cccc(CN(C)CC(=O)c2ccc(C)c(C)c2)c1.